The summed E-state index contributed by atoms with van der Waals surface area (Å²) < 4.78 is 29.7. The summed E-state index contributed by atoms with van der Waals surface area (Å²) in [5, 5.41) is 8.70. The number of primary sulfonamides is 1. The van der Waals surface area contributed by atoms with Crippen LogP contribution >= 0.6 is 0 Å². The number of para-hydroxylation sites is 1. The molecular formula is C19H21N3O3S. The van der Waals surface area contributed by atoms with E-state index in [2.05, 4.69) is 22.4 Å². The molecule has 2 heterocycles. The average molecular weight is 371 g/mol. The predicted molar refractivity (Wildman–Crippen MR) is 103 cm³/mol. The fraction of sp³-hybridized carbons (Fsp3) is 0.263. The van der Waals surface area contributed by atoms with Gasteiger partial charge in [0.15, 0.2) is 0 Å². The van der Waals surface area contributed by atoms with Crippen LogP contribution in [-0.2, 0) is 10.0 Å². The molecule has 0 aromatic heterocycles. The molecule has 2 aromatic carbocycles. The number of nitrogens with zero attached hydrogens (tertiary/aromatic N) is 1. The van der Waals surface area contributed by atoms with E-state index in [4.69, 9.17) is 9.88 Å². The topological polar surface area (TPSA) is 84.7 Å². The Hall–Kier alpha value is -2.51. The number of benzene rings is 2. The molecule has 1 unspecified atom stereocenters. The van der Waals surface area contributed by atoms with E-state index in [0.717, 1.165) is 22.5 Å². The van der Waals surface area contributed by atoms with E-state index in [-0.39, 0.29) is 4.90 Å². The molecule has 0 radical (unpaired) electrons. The number of ether oxygens (including phenoxy) is 1. The van der Waals surface area contributed by atoms with Crippen molar-refractivity contribution in [2.24, 2.45) is 5.14 Å². The zero-order chi connectivity index (χ0) is 18.5. The SMILES string of the molecule is CN1CC(C)(C2=Cc3ccccc3NC2)Oc2cc(S(N)(=O)=O)ccc21. The first kappa shape index (κ1) is 16.9. The minimum atomic E-state index is -3.78. The van der Waals surface area contributed by atoms with Crippen LogP contribution in [0.1, 0.15) is 12.5 Å². The molecule has 0 bridgehead atoms. The van der Waals surface area contributed by atoms with Crippen molar-refractivity contribution in [3.8, 4) is 5.75 Å². The van der Waals surface area contributed by atoms with Gasteiger partial charge in [0.25, 0.3) is 0 Å². The van der Waals surface area contributed by atoms with Crippen LogP contribution in [0.2, 0.25) is 0 Å². The summed E-state index contributed by atoms with van der Waals surface area (Å²) in [7, 11) is -1.81. The molecule has 2 aliphatic heterocycles. The maximum atomic E-state index is 11.7. The third-order valence-corrected chi connectivity index (χ3v) is 5.90. The molecule has 2 aromatic rings. The van der Waals surface area contributed by atoms with E-state index >= 15 is 0 Å². The van der Waals surface area contributed by atoms with Gasteiger partial charge in [-0.1, -0.05) is 18.2 Å². The molecule has 2 aliphatic rings. The molecule has 7 heteroatoms. The van der Waals surface area contributed by atoms with Gasteiger partial charge >= 0.3 is 0 Å². The summed E-state index contributed by atoms with van der Waals surface area (Å²) in [6, 6.07) is 12.9. The number of rotatable bonds is 2. The van der Waals surface area contributed by atoms with Gasteiger partial charge in [-0.15, -0.1) is 0 Å². The number of anilines is 2. The fourth-order valence-corrected chi connectivity index (χ4v) is 4.13. The van der Waals surface area contributed by atoms with Crippen LogP contribution in [-0.4, -0.2) is 34.2 Å². The molecule has 0 fully saturated rings. The lowest BCUT2D eigenvalue weighted by Gasteiger charge is -2.43. The molecule has 136 valence electrons. The van der Waals surface area contributed by atoms with Crippen LogP contribution in [0.4, 0.5) is 11.4 Å². The smallest absolute Gasteiger partial charge is 0.238 e. The molecule has 26 heavy (non-hydrogen) atoms. The van der Waals surface area contributed by atoms with Crippen LogP contribution < -0.4 is 20.1 Å². The molecule has 0 aliphatic carbocycles. The third kappa shape index (κ3) is 2.83. The van der Waals surface area contributed by atoms with E-state index in [1.807, 2.05) is 32.2 Å². The number of fused-ring (bicyclic) bond motifs is 2. The molecule has 0 saturated heterocycles. The molecule has 6 nitrogen and oxygen atoms in total. The minimum absolute atomic E-state index is 0.0509. The summed E-state index contributed by atoms with van der Waals surface area (Å²) in [5.41, 5.74) is 3.58. The molecule has 0 amide bonds. The lowest BCUT2D eigenvalue weighted by molar-refractivity contribution is 0.124. The molecule has 0 saturated carbocycles. The lowest BCUT2D eigenvalue weighted by atomic mass is 9.89. The monoisotopic (exact) mass is 371 g/mol. The molecule has 4 rings (SSSR count). The van der Waals surface area contributed by atoms with Crippen LogP contribution in [0.5, 0.6) is 5.75 Å². The van der Waals surface area contributed by atoms with Crippen LogP contribution in [0, 0.1) is 0 Å². The number of hydrogen-bond donors (Lipinski definition) is 2. The van der Waals surface area contributed by atoms with E-state index in [0.29, 0.717) is 18.8 Å². The highest BCUT2D eigenvalue weighted by Crippen LogP contribution is 2.41. The molecule has 0 spiro atoms. The van der Waals surface area contributed by atoms with Crippen molar-refractivity contribution in [1.29, 1.82) is 0 Å². The highest BCUT2D eigenvalue weighted by atomic mass is 32.2. The van der Waals surface area contributed by atoms with Crippen molar-refractivity contribution in [3.05, 3.63) is 53.6 Å². The number of nitrogens with one attached hydrogen (secondary N) is 1. The van der Waals surface area contributed by atoms with Crippen molar-refractivity contribution in [2.75, 3.05) is 30.4 Å². The predicted octanol–water partition coefficient (Wildman–Crippen LogP) is 2.43. The molecule has 1 atom stereocenters. The van der Waals surface area contributed by atoms with Crippen molar-refractivity contribution >= 4 is 27.5 Å². The van der Waals surface area contributed by atoms with E-state index < -0.39 is 15.6 Å². The Morgan fingerprint density at radius 1 is 1.23 bits per heavy atom. The zero-order valence-electron chi connectivity index (χ0n) is 14.7. The second-order valence-corrected chi connectivity index (χ2v) is 8.54. The van der Waals surface area contributed by atoms with Crippen LogP contribution in [0.15, 0.2) is 52.9 Å². The Kier molecular flexibility index (Phi) is 3.75. The van der Waals surface area contributed by atoms with Gasteiger partial charge in [-0.05, 0) is 42.3 Å². The van der Waals surface area contributed by atoms with Gasteiger partial charge in [-0.25, -0.2) is 13.6 Å². The fourth-order valence-electron chi connectivity index (χ4n) is 3.60. The normalized spacial score (nSPS) is 21.8. The average Bonchev–Trinajstić information content (AvgIpc) is 2.60. The van der Waals surface area contributed by atoms with Crippen molar-refractivity contribution in [3.63, 3.8) is 0 Å². The summed E-state index contributed by atoms with van der Waals surface area (Å²) in [6.45, 7) is 3.35. The first-order valence-electron chi connectivity index (χ1n) is 8.37. The van der Waals surface area contributed by atoms with Gasteiger partial charge < -0.3 is 15.0 Å². The Bertz CT molecular complexity index is 1020. The van der Waals surface area contributed by atoms with Gasteiger partial charge in [-0.2, -0.15) is 0 Å². The second kappa shape index (κ2) is 5.75. The Morgan fingerprint density at radius 3 is 2.77 bits per heavy atom. The number of likely N-dealkylation sites (N-methyl/N-ethyl adjacent to an activating group) is 1. The molecular weight excluding hydrogens is 350 g/mol. The lowest BCUT2D eigenvalue weighted by Crippen LogP contribution is -2.50. The molecule has 3 N–H and O–H groups in total. The van der Waals surface area contributed by atoms with Crippen molar-refractivity contribution < 1.29 is 13.2 Å². The zero-order valence-corrected chi connectivity index (χ0v) is 15.5. The first-order chi connectivity index (χ1) is 12.3. The standard InChI is InChI=1S/C19H21N3O3S/c1-19(14-9-13-5-3-4-6-16(13)21-11-14)12-22(2)17-8-7-15(26(20,23)24)10-18(17)25-19/h3-10,21H,11-12H2,1-2H3,(H2,20,23,24). The summed E-state index contributed by atoms with van der Waals surface area (Å²) in [6.07, 6.45) is 2.15. The Morgan fingerprint density at radius 2 is 2.00 bits per heavy atom. The van der Waals surface area contributed by atoms with Crippen LogP contribution in [0.25, 0.3) is 6.08 Å². The summed E-state index contributed by atoms with van der Waals surface area (Å²) >= 11 is 0. The summed E-state index contributed by atoms with van der Waals surface area (Å²) in [4.78, 5) is 2.13. The van der Waals surface area contributed by atoms with Gasteiger partial charge in [0.05, 0.1) is 17.1 Å². The maximum Gasteiger partial charge on any atom is 0.238 e. The van der Waals surface area contributed by atoms with Gasteiger partial charge in [0, 0.05) is 25.3 Å². The number of nitrogens with two attached hydrogens (primary N) is 1. The second-order valence-electron chi connectivity index (χ2n) is 6.97. The van der Waals surface area contributed by atoms with Gasteiger partial charge in [0.2, 0.25) is 10.0 Å². The van der Waals surface area contributed by atoms with E-state index in [1.54, 1.807) is 6.07 Å². The highest BCUT2D eigenvalue weighted by molar-refractivity contribution is 7.89. The van der Waals surface area contributed by atoms with Crippen LogP contribution in [0.3, 0.4) is 0 Å². The van der Waals surface area contributed by atoms with E-state index in [9.17, 15) is 8.42 Å². The first-order valence-corrected chi connectivity index (χ1v) is 9.92. The Balaban J connectivity index is 1.75. The summed E-state index contributed by atoms with van der Waals surface area (Å²) in [5.74, 6) is 0.521. The van der Waals surface area contributed by atoms with Crippen molar-refractivity contribution in [1.82, 2.24) is 0 Å². The van der Waals surface area contributed by atoms with E-state index in [1.165, 1.54) is 12.1 Å². The quantitative estimate of drug-likeness (QED) is 0.847. The number of hydrogen-bond acceptors (Lipinski definition) is 5. The van der Waals surface area contributed by atoms with Gasteiger partial charge in [-0.3, -0.25) is 0 Å². The third-order valence-electron chi connectivity index (χ3n) is 4.98. The Labute approximate surface area is 153 Å². The number of sulfonamides is 1. The van der Waals surface area contributed by atoms with Gasteiger partial charge in [0.1, 0.15) is 11.4 Å². The minimum Gasteiger partial charge on any atom is -0.479 e. The van der Waals surface area contributed by atoms with Crippen molar-refractivity contribution in [2.45, 2.75) is 17.4 Å². The maximum absolute atomic E-state index is 11.7. The largest absolute Gasteiger partial charge is 0.479 e. The highest BCUT2D eigenvalue weighted by Gasteiger charge is 2.39.